The summed E-state index contributed by atoms with van der Waals surface area (Å²) >= 11 is 0. The average molecular weight is 219 g/mol. The summed E-state index contributed by atoms with van der Waals surface area (Å²) in [5.41, 5.74) is 7.68. The number of aliphatic hydroxyl groups excluding tert-OH is 1. The number of furan rings is 1. The molecule has 3 heteroatoms. The zero-order chi connectivity index (χ0) is 11.5. The molecule has 0 saturated heterocycles. The highest BCUT2D eigenvalue weighted by Crippen LogP contribution is 2.27. The molecule has 1 aromatic carbocycles. The fourth-order valence-electron chi connectivity index (χ4n) is 1.99. The Morgan fingerprint density at radius 2 is 2.12 bits per heavy atom. The monoisotopic (exact) mass is 219 g/mol. The number of fused-ring (bicyclic) bond motifs is 1. The highest BCUT2D eigenvalue weighted by atomic mass is 16.3. The van der Waals surface area contributed by atoms with Crippen molar-refractivity contribution in [2.24, 2.45) is 11.7 Å². The van der Waals surface area contributed by atoms with Crippen LogP contribution >= 0.6 is 0 Å². The van der Waals surface area contributed by atoms with E-state index in [2.05, 4.69) is 0 Å². The van der Waals surface area contributed by atoms with Gasteiger partial charge in [-0.05, 0) is 31.9 Å². The molecule has 1 aromatic heterocycles. The lowest BCUT2D eigenvalue weighted by Gasteiger charge is -2.10. The summed E-state index contributed by atoms with van der Waals surface area (Å²) in [5.74, 6) is 1.04. The number of rotatable bonds is 4. The first kappa shape index (κ1) is 11.2. The Labute approximate surface area is 94.9 Å². The van der Waals surface area contributed by atoms with Crippen molar-refractivity contribution in [2.75, 3.05) is 13.2 Å². The molecule has 0 aliphatic heterocycles. The highest BCUT2D eigenvalue weighted by Gasteiger charge is 2.14. The van der Waals surface area contributed by atoms with E-state index in [1.54, 1.807) is 0 Å². The third kappa shape index (κ3) is 1.96. The summed E-state index contributed by atoms with van der Waals surface area (Å²) in [6, 6.07) is 7.97. The second kappa shape index (κ2) is 4.68. The topological polar surface area (TPSA) is 59.4 Å². The fraction of sp³-hybridized carbons (Fsp3) is 0.385. The van der Waals surface area contributed by atoms with Gasteiger partial charge >= 0.3 is 0 Å². The van der Waals surface area contributed by atoms with Crippen molar-refractivity contribution < 1.29 is 9.52 Å². The van der Waals surface area contributed by atoms with Crippen LogP contribution in [0, 0.1) is 12.8 Å². The van der Waals surface area contributed by atoms with Crippen LogP contribution in [0.2, 0.25) is 0 Å². The minimum Gasteiger partial charge on any atom is -0.461 e. The lowest BCUT2D eigenvalue weighted by Crippen LogP contribution is -2.20. The predicted molar refractivity (Wildman–Crippen MR) is 64.3 cm³/mol. The van der Waals surface area contributed by atoms with E-state index in [0.29, 0.717) is 6.54 Å². The molecule has 1 atom stereocenters. The summed E-state index contributed by atoms with van der Waals surface area (Å²) < 4.78 is 5.67. The zero-order valence-corrected chi connectivity index (χ0v) is 9.44. The number of hydrogen-bond acceptors (Lipinski definition) is 3. The van der Waals surface area contributed by atoms with Gasteiger partial charge in [0.15, 0.2) is 0 Å². The molecule has 1 heterocycles. The lowest BCUT2D eigenvalue weighted by atomic mass is 9.98. The Kier molecular flexibility index (Phi) is 3.27. The third-order valence-electron chi connectivity index (χ3n) is 2.98. The molecule has 0 spiro atoms. The van der Waals surface area contributed by atoms with Crippen LogP contribution in [0.25, 0.3) is 11.0 Å². The number of aliphatic hydroxyl groups is 1. The number of benzene rings is 1. The molecule has 3 N–H and O–H groups in total. The van der Waals surface area contributed by atoms with Crippen molar-refractivity contribution in [3.63, 3.8) is 0 Å². The van der Waals surface area contributed by atoms with Crippen molar-refractivity contribution in [1.29, 1.82) is 0 Å². The van der Waals surface area contributed by atoms with Gasteiger partial charge in [0.25, 0.3) is 0 Å². The Balaban J connectivity index is 2.39. The molecule has 2 rings (SSSR count). The van der Waals surface area contributed by atoms with E-state index in [1.165, 1.54) is 5.56 Å². The van der Waals surface area contributed by atoms with Gasteiger partial charge in [0.1, 0.15) is 11.3 Å². The third-order valence-corrected chi connectivity index (χ3v) is 2.98. The van der Waals surface area contributed by atoms with Gasteiger partial charge in [0, 0.05) is 17.6 Å². The maximum absolute atomic E-state index is 9.18. The average Bonchev–Trinajstić information content (AvgIpc) is 2.62. The first-order chi connectivity index (χ1) is 7.76. The van der Waals surface area contributed by atoms with Crippen LogP contribution in [-0.2, 0) is 6.42 Å². The van der Waals surface area contributed by atoms with Crippen LogP contribution in [-0.4, -0.2) is 18.3 Å². The van der Waals surface area contributed by atoms with E-state index in [4.69, 9.17) is 10.2 Å². The van der Waals surface area contributed by atoms with E-state index >= 15 is 0 Å². The SMILES string of the molecule is Cc1oc2ccccc2c1CC(CN)CO. The molecular formula is C13H17NO2. The molecule has 3 nitrogen and oxygen atoms in total. The van der Waals surface area contributed by atoms with Gasteiger partial charge in [-0.25, -0.2) is 0 Å². The van der Waals surface area contributed by atoms with E-state index in [1.807, 2.05) is 31.2 Å². The minimum absolute atomic E-state index is 0.111. The standard InChI is InChI=1S/C13H17NO2/c1-9-12(6-10(7-14)8-15)11-4-2-3-5-13(11)16-9/h2-5,10,15H,6-8,14H2,1H3. The van der Waals surface area contributed by atoms with Crippen molar-refractivity contribution in [3.05, 3.63) is 35.6 Å². The van der Waals surface area contributed by atoms with Gasteiger partial charge in [-0.1, -0.05) is 18.2 Å². The van der Waals surface area contributed by atoms with Gasteiger partial charge in [-0.2, -0.15) is 0 Å². The van der Waals surface area contributed by atoms with Crippen LogP contribution in [0.3, 0.4) is 0 Å². The maximum Gasteiger partial charge on any atom is 0.134 e. The number of aryl methyl sites for hydroxylation is 1. The quantitative estimate of drug-likeness (QED) is 0.825. The van der Waals surface area contributed by atoms with Crippen LogP contribution < -0.4 is 5.73 Å². The Bertz CT molecular complexity index is 472. The van der Waals surface area contributed by atoms with Gasteiger partial charge in [0.2, 0.25) is 0 Å². The van der Waals surface area contributed by atoms with Crippen molar-refractivity contribution in [2.45, 2.75) is 13.3 Å². The molecule has 2 aromatic rings. The largest absolute Gasteiger partial charge is 0.461 e. The molecule has 0 saturated carbocycles. The number of para-hydroxylation sites is 1. The van der Waals surface area contributed by atoms with E-state index in [0.717, 1.165) is 23.2 Å². The van der Waals surface area contributed by atoms with Crippen LogP contribution in [0.1, 0.15) is 11.3 Å². The molecule has 1 unspecified atom stereocenters. The van der Waals surface area contributed by atoms with Crippen LogP contribution in [0.15, 0.2) is 28.7 Å². The Morgan fingerprint density at radius 1 is 1.38 bits per heavy atom. The molecule has 0 bridgehead atoms. The molecule has 0 aliphatic carbocycles. The molecule has 16 heavy (non-hydrogen) atoms. The molecule has 0 radical (unpaired) electrons. The number of nitrogens with two attached hydrogens (primary N) is 1. The first-order valence-corrected chi connectivity index (χ1v) is 5.54. The fourth-order valence-corrected chi connectivity index (χ4v) is 1.99. The van der Waals surface area contributed by atoms with Crippen LogP contribution in [0.4, 0.5) is 0 Å². The van der Waals surface area contributed by atoms with Gasteiger partial charge in [-0.3, -0.25) is 0 Å². The van der Waals surface area contributed by atoms with E-state index in [9.17, 15) is 5.11 Å². The van der Waals surface area contributed by atoms with Crippen LogP contribution in [0.5, 0.6) is 0 Å². The van der Waals surface area contributed by atoms with Crippen molar-refractivity contribution in [3.8, 4) is 0 Å². The maximum atomic E-state index is 9.18. The van der Waals surface area contributed by atoms with E-state index in [-0.39, 0.29) is 12.5 Å². The summed E-state index contributed by atoms with van der Waals surface area (Å²) in [4.78, 5) is 0. The Morgan fingerprint density at radius 3 is 2.81 bits per heavy atom. The smallest absolute Gasteiger partial charge is 0.134 e. The van der Waals surface area contributed by atoms with Gasteiger partial charge < -0.3 is 15.3 Å². The minimum atomic E-state index is 0.111. The summed E-state index contributed by atoms with van der Waals surface area (Å²) in [6.07, 6.45) is 0.774. The highest BCUT2D eigenvalue weighted by molar-refractivity contribution is 5.82. The van der Waals surface area contributed by atoms with E-state index < -0.39 is 0 Å². The van der Waals surface area contributed by atoms with Crippen molar-refractivity contribution >= 4 is 11.0 Å². The molecule has 0 amide bonds. The van der Waals surface area contributed by atoms with Crippen molar-refractivity contribution in [1.82, 2.24) is 0 Å². The molecule has 0 fully saturated rings. The predicted octanol–water partition coefficient (Wildman–Crippen LogP) is 1.85. The van der Waals surface area contributed by atoms with Gasteiger partial charge in [-0.15, -0.1) is 0 Å². The van der Waals surface area contributed by atoms with Gasteiger partial charge in [0.05, 0.1) is 0 Å². The second-order valence-electron chi connectivity index (χ2n) is 4.12. The second-order valence-corrected chi connectivity index (χ2v) is 4.12. The lowest BCUT2D eigenvalue weighted by molar-refractivity contribution is 0.229. The summed E-state index contributed by atoms with van der Waals surface area (Å²) in [5, 5.41) is 10.3. The summed E-state index contributed by atoms with van der Waals surface area (Å²) in [7, 11) is 0. The molecule has 0 aliphatic rings. The molecular weight excluding hydrogens is 202 g/mol. The normalized spacial score (nSPS) is 13.2. The Hall–Kier alpha value is -1.32. The zero-order valence-electron chi connectivity index (χ0n) is 9.44. The first-order valence-electron chi connectivity index (χ1n) is 5.54. The molecule has 86 valence electrons. The number of hydrogen-bond donors (Lipinski definition) is 2. The summed E-state index contributed by atoms with van der Waals surface area (Å²) in [6.45, 7) is 2.57.